The van der Waals surface area contributed by atoms with Gasteiger partial charge in [-0.1, -0.05) is 54.6 Å². The number of carbonyl (C=O) groups excluding carboxylic acids is 2. The van der Waals surface area contributed by atoms with E-state index >= 15 is 0 Å². The molecule has 1 atom stereocenters. The molecule has 0 saturated carbocycles. The highest BCUT2D eigenvalue weighted by Crippen LogP contribution is 2.10. The molecule has 2 N–H and O–H groups in total. The molecule has 2 rings (SSSR count). The fourth-order valence-electron chi connectivity index (χ4n) is 2.15. The maximum absolute atomic E-state index is 11.9. The van der Waals surface area contributed by atoms with Gasteiger partial charge < -0.3 is 10.6 Å². The van der Waals surface area contributed by atoms with E-state index in [1.165, 1.54) is 0 Å². The van der Waals surface area contributed by atoms with E-state index in [-0.39, 0.29) is 6.04 Å². The van der Waals surface area contributed by atoms with E-state index in [2.05, 4.69) is 10.6 Å². The van der Waals surface area contributed by atoms with Gasteiger partial charge in [-0.2, -0.15) is 0 Å². The standard InChI is InChI=1S/C18H20N2O2/c1-13-8-6-7-11-16(13)12-19-17(21)18(22)20-14(2)15-9-4-3-5-10-15/h3-11,14H,12H2,1-2H3,(H,19,21)(H,20,22)/t14-/m1/s1. The minimum atomic E-state index is -0.620. The molecule has 0 unspecified atom stereocenters. The number of carbonyl (C=O) groups is 2. The summed E-state index contributed by atoms with van der Waals surface area (Å²) >= 11 is 0. The number of hydrogen-bond donors (Lipinski definition) is 2. The number of amides is 2. The summed E-state index contributed by atoms with van der Waals surface area (Å²) in [5, 5.41) is 5.34. The lowest BCUT2D eigenvalue weighted by atomic mass is 10.1. The van der Waals surface area contributed by atoms with Crippen molar-refractivity contribution in [2.45, 2.75) is 26.4 Å². The number of rotatable bonds is 4. The van der Waals surface area contributed by atoms with E-state index in [0.717, 1.165) is 16.7 Å². The largest absolute Gasteiger partial charge is 0.344 e. The molecule has 0 spiro atoms. The molecular formula is C18H20N2O2. The second-order valence-corrected chi connectivity index (χ2v) is 5.21. The molecular weight excluding hydrogens is 276 g/mol. The van der Waals surface area contributed by atoms with Crippen LogP contribution in [0, 0.1) is 6.92 Å². The van der Waals surface area contributed by atoms with Crippen LogP contribution in [0.5, 0.6) is 0 Å². The van der Waals surface area contributed by atoms with E-state index in [4.69, 9.17) is 0 Å². The van der Waals surface area contributed by atoms with Gasteiger partial charge in [0.25, 0.3) is 0 Å². The molecule has 0 aromatic heterocycles. The Bertz CT molecular complexity index is 653. The van der Waals surface area contributed by atoms with Gasteiger partial charge in [0, 0.05) is 6.54 Å². The van der Waals surface area contributed by atoms with E-state index in [1.54, 1.807) is 0 Å². The molecule has 0 aliphatic carbocycles. The van der Waals surface area contributed by atoms with Gasteiger partial charge in [0.2, 0.25) is 0 Å². The normalized spacial score (nSPS) is 11.5. The summed E-state index contributed by atoms with van der Waals surface area (Å²) in [5.74, 6) is -1.24. The predicted molar refractivity (Wildman–Crippen MR) is 86.0 cm³/mol. The minimum Gasteiger partial charge on any atom is -0.344 e. The summed E-state index contributed by atoms with van der Waals surface area (Å²) in [6, 6.07) is 17.1. The summed E-state index contributed by atoms with van der Waals surface area (Å²) in [5.41, 5.74) is 3.04. The minimum absolute atomic E-state index is 0.210. The Labute approximate surface area is 130 Å². The van der Waals surface area contributed by atoms with Crippen LogP contribution in [-0.4, -0.2) is 11.8 Å². The fraction of sp³-hybridized carbons (Fsp3) is 0.222. The van der Waals surface area contributed by atoms with Crippen molar-refractivity contribution in [3.63, 3.8) is 0 Å². The lowest BCUT2D eigenvalue weighted by molar-refractivity contribution is -0.139. The van der Waals surface area contributed by atoms with Gasteiger partial charge >= 0.3 is 11.8 Å². The summed E-state index contributed by atoms with van der Waals surface area (Å²) < 4.78 is 0. The number of nitrogens with one attached hydrogen (secondary N) is 2. The van der Waals surface area contributed by atoms with Crippen LogP contribution in [-0.2, 0) is 16.1 Å². The molecule has 0 aliphatic rings. The lowest BCUT2D eigenvalue weighted by Crippen LogP contribution is -2.40. The van der Waals surface area contributed by atoms with Gasteiger partial charge in [0.1, 0.15) is 0 Å². The van der Waals surface area contributed by atoms with Crippen molar-refractivity contribution in [2.24, 2.45) is 0 Å². The quantitative estimate of drug-likeness (QED) is 0.852. The van der Waals surface area contributed by atoms with Crippen molar-refractivity contribution in [1.29, 1.82) is 0 Å². The molecule has 0 radical (unpaired) electrons. The first-order valence-electron chi connectivity index (χ1n) is 7.26. The third kappa shape index (κ3) is 4.19. The van der Waals surface area contributed by atoms with Crippen LogP contribution in [0.1, 0.15) is 29.7 Å². The molecule has 2 amide bonds. The van der Waals surface area contributed by atoms with Gasteiger partial charge in [-0.25, -0.2) is 0 Å². The Morgan fingerprint density at radius 2 is 1.59 bits per heavy atom. The van der Waals surface area contributed by atoms with Crippen LogP contribution in [0.2, 0.25) is 0 Å². The summed E-state index contributed by atoms with van der Waals surface area (Å²) in [4.78, 5) is 23.8. The molecule has 2 aromatic rings. The van der Waals surface area contributed by atoms with Crippen molar-refractivity contribution in [1.82, 2.24) is 10.6 Å². The fourth-order valence-corrected chi connectivity index (χ4v) is 2.15. The smallest absolute Gasteiger partial charge is 0.309 e. The van der Waals surface area contributed by atoms with Crippen LogP contribution < -0.4 is 10.6 Å². The first-order chi connectivity index (χ1) is 10.6. The van der Waals surface area contributed by atoms with Crippen LogP contribution in [0.25, 0.3) is 0 Å². The van der Waals surface area contributed by atoms with Crippen molar-refractivity contribution < 1.29 is 9.59 Å². The Morgan fingerprint density at radius 3 is 2.27 bits per heavy atom. The molecule has 22 heavy (non-hydrogen) atoms. The van der Waals surface area contributed by atoms with Gasteiger partial charge in [-0.3, -0.25) is 9.59 Å². The molecule has 0 aliphatic heterocycles. The summed E-state index contributed by atoms with van der Waals surface area (Å²) in [7, 11) is 0. The van der Waals surface area contributed by atoms with Crippen LogP contribution in [0.4, 0.5) is 0 Å². The Morgan fingerprint density at radius 1 is 0.955 bits per heavy atom. The highest BCUT2D eigenvalue weighted by molar-refractivity contribution is 6.35. The Balaban J connectivity index is 1.87. The molecule has 2 aromatic carbocycles. The van der Waals surface area contributed by atoms with Crippen LogP contribution >= 0.6 is 0 Å². The molecule has 114 valence electrons. The zero-order chi connectivity index (χ0) is 15.9. The third-order valence-corrected chi connectivity index (χ3v) is 3.55. The van der Waals surface area contributed by atoms with Crippen molar-refractivity contribution >= 4 is 11.8 Å². The summed E-state index contributed by atoms with van der Waals surface area (Å²) in [6.45, 7) is 4.17. The zero-order valence-corrected chi connectivity index (χ0v) is 12.8. The first-order valence-corrected chi connectivity index (χ1v) is 7.26. The van der Waals surface area contributed by atoms with Crippen LogP contribution in [0.3, 0.4) is 0 Å². The predicted octanol–water partition coefficient (Wildman–Crippen LogP) is 2.49. The summed E-state index contributed by atoms with van der Waals surface area (Å²) in [6.07, 6.45) is 0. The second kappa shape index (κ2) is 7.41. The van der Waals surface area contributed by atoms with Gasteiger partial charge in [0.15, 0.2) is 0 Å². The Hall–Kier alpha value is -2.62. The average Bonchev–Trinajstić information content (AvgIpc) is 2.54. The monoisotopic (exact) mass is 296 g/mol. The third-order valence-electron chi connectivity index (χ3n) is 3.55. The highest BCUT2D eigenvalue weighted by Gasteiger charge is 2.16. The van der Waals surface area contributed by atoms with Gasteiger partial charge in [0.05, 0.1) is 6.04 Å². The first kappa shape index (κ1) is 15.8. The zero-order valence-electron chi connectivity index (χ0n) is 12.8. The van der Waals surface area contributed by atoms with Gasteiger partial charge in [-0.05, 0) is 30.5 Å². The van der Waals surface area contributed by atoms with E-state index in [9.17, 15) is 9.59 Å². The molecule has 0 saturated heterocycles. The van der Waals surface area contributed by atoms with Gasteiger partial charge in [-0.15, -0.1) is 0 Å². The van der Waals surface area contributed by atoms with Crippen LogP contribution in [0.15, 0.2) is 54.6 Å². The molecule has 4 nitrogen and oxygen atoms in total. The van der Waals surface area contributed by atoms with Crippen molar-refractivity contribution in [3.05, 3.63) is 71.3 Å². The number of aryl methyl sites for hydroxylation is 1. The van der Waals surface area contributed by atoms with Crippen molar-refractivity contribution in [2.75, 3.05) is 0 Å². The van der Waals surface area contributed by atoms with Crippen molar-refractivity contribution in [3.8, 4) is 0 Å². The SMILES string of the molecule is Cc1ccccc1CNC(=O)C(=O)N[C@H](C)c1ccccc1. The number of hydrogen-bond acceptors (Lipinski definition) is 2. The second-order valence-electron chi connectivity index (χ2n) is 5.21. The maximum atomic E-state index is 11.9. The highest BCUT2D eigenvalue weighted by atomic mass is 16.2. The lowest BCUT2D eigenvalue weighted by Gasteiger charge is -2.14. The maximum Gasteiger partial charge on any atom is 0.309 e. The molecule has 0 fully saturated rings. The van der Waals surface area contributed by atoms with E-state index in [0.29, 0.717) is 6.54 Å². The topological polar surface area (TPSA) is 58.2 Å². The molecule has 4 heteroatoms. The average molecular weight is 296 g/mol. The van der Waals surface area contributed by atoms with E-state index < -0.39 is 11.8 Å². The van der Waals surface area contributed by atoms with E-state index in [1.807, 2.05) is 68.4 Å². The Kier molecular flexibility index (Phi) is 5.31. The number of benzene rings is 2. The molecule has 0 bridgehead atoms. The molecule has 0 heterocycles.